The Morgan fingerprint density at radius 3 is 2.35 bits per heavy atom. The lowest BCUT2D eigenvalue weighted by atomic mass is 9.96. The van der Waals surface area contributed by atoms with Gasteiger partial charge in [-0.15, -0.1) is 0 Å². The summed E-state index contributed by atoms with van der Waals surface area (Å²) in [4.78, 5) is 12.2. The number of aryl methyl sites for hydroxylation is 1. The molecule has 1 aromatic rings. The van der Waals surface area contributed by atoms with Gasteiger partial charge in [0.15, 0.2) is 0 Å². The second kappa shape index (κ2) is 5.47. The molecule has 0 unspecified atom stereocenters. The first-order valence-corrected chi connectivity index (χ1v) is 7.84. The summed E-state index contributed by atoms with van der Waals surface area (Å²) < 4.78 is 0. The van der Waals surface area contributed by atoms with Gasteiger partial charge in [0.1, 0.15) is 0 Å². The van der Waals surface area contributed by atoms with Gasteiger partial charge < -0.3 is 10.6 Å². The lowest BCUT2D eigenvalue weighted by Crippen LogP contribution is -2.46. The number of amides is 2. The number of hydrogen-bond acceptors (Lipinski definition) is 1. The minimum Gasteiger partial charge on any atom is -0.335 e. The number of carbonyl (C=O) groups excluding carboxylic acids is 1. The highest BCUT2D eigenvalue weighted by molar-refractivity contribution is 5.76. The van der Waals surface area contributed by atoms with E-state index < -0.39 is 0 Å². The number of benzene rings is 1. The Kier molecular flexibility index (Phi) is 3.68. The summed E-state index contributed by atoms with van der Waals surface area (Å²) in [5, 5.41) is 6.35. The average molecular weight is 272 g/mol. The van der Waals surface area contributed by atoms with E-state index in [0.29, 0.717) is 6.04 Å². The van der Waals surface area contributed by atoms with Crippen LogP contribution in [0.4, 0.5) is 4.79 Å². The zero-order chi connectivity index (χ0) is 14.0. The van der Waals surface area contributed by atoms with E-state index in [4.69, 9.17) is 0 Å². The minimum absolute atomic E-state index is 0.00924. The van der Waals surface area contributed by atoms with Gasteiger partial charge in [-0.05, 0) is 38.2 Å². The van der Waals surface area contributed by atoms with Crippen molar-refractivity contribution in [1.82, 2.24) is 10.6 Å². The molecule has 2 aliphatic carbocycles. The summed E-state index contributed by atoms with van der Waals surface area (Å²) in [5.41, 5.74) is 2.39. The van der Waals surface area contributed by atoms with Crippen molar-refractivity contribution in [3.63, 3.8) is 0 Å². The summed E-state index contributed by atoms with van der Waals surface area (Å²) in [6, 6.07) is 8.91. The maximum Gasteiger partial charge on any atom is 0.315 e. The van der Waals surface area contributed by atoms with Gasteiger partial charge >= 0.3 is 6.03 Å². The predicted molar refractivity (Wildman–Crippen MR) is 80.6 cm³/mol. The monoisotopic (exact) mass is 272 g/mol. The lowest BCUT2D eigenvalue weighted by molar-refractivity contribution is 0.227. The molecule has 108 valence electrons. The first-order valence-electron chi connectivity index (χ1n) is 7.84. The third-order valence-electron chi connectivity index (χ3n) is 4.65. The SMILES string of the molecule is Cc1ccc(C2(NC(=O)NC3CCCCC3)CC2)cc1. The third-order valence-corrected chi connectivity index (χ3v) is 4.65. The highest BCUT2D eigenvalue weighted by atomic mass is 16.2. The third kappa shape index (κ3) is 2.97. The molecule has 0 spiro atoms. The molecule has 2 aliphatic rings. The van der Waals surface area contributed by atoms with Crippen molar-refractivity contribution in [2.24, 2.45) is 0 Å². The summed E-state index contributed by atoms with van der Waals surface area (Å²) in [6.45, 7) is 2.09. The second-order valence-electron chi connectivity index (χ2n) is 6.38. The van der Waals surface area contributed by atoms with Gasteiger partial charge in [0.05, 0.1) is 5.54 Å². The molecule has 2 fully saturated rings. The Morgan fingerprint density at radius 2 is 1.75 bits per heavy atom. The van der Waals surface area contributed by atoms with Gasteiger partial charge in [0.25, 0.3) is 0 Å². The number of hydrogen-bond donors (Lipinski definition) is 2. The quantitative estimate of drug-likeness (QED) is 0.867. The predicted octanol–water partition coefficient (Wildman–Crippen LogP) is 3.62. The second-order valence-corrected chi connectivity index (χ2v) is 6.38. The minimum atomic E-state index is -0.105. The molecule has 0 radical (unpaired) electrons. The van der Waals surface area contributed by atoms with Crippen molar-refractivity contribution >= 4 is 6.03 Å². The Bertz CT molecular complexity index is 470. The van der Waals surface area contributed by atoms with Crippen LogP contribution in [0.15, 0.2) is 24.3 Å². The van der Waals surface area contributed by atoms with Crippen LogP contribution < -0.4 is 10.6 Å². The van der Waals surface area contributed by atoms with Crippen molar-refractivity contribution < 1.29 is 4.79 Å². The molecule has 3 nitrogen and oxygen atoms in total. The fourth-order valence-corrected chi connectivity index (χ4v) is 3.17. The van der Waals surface area contributed by atoms with Crippen molar-refractivity contribution in [2.75, 3.05) is 0 Å². The van der Waals surface area contributed by atoms with Gasteiger partial charge in [-0.2, -0.15) is 0 Å². The first kappa shape index (κ1) is 13.5. The molecule has 20 heavy (non-hydrogen) atoms. The van der Waals surface area contributed by atoms with Crippen LogP contribution in [0, 0.1) is 6.92 Å². The van der Waals surface area contributed by atoms with E-state index in [1.807, 2.05) is 0 Å². The van der Waals surface area contributed by atoms with Crippen LogP contribution in [0.2, 0.25) is 0 Å². The Hall–Kier alpha value is -1.51. The molecule has 2 amide bonds. The van der Waals surface area contributed by atoms with Crippen molar-refractivity contribution in [3.8, 4) is 0 Å². The van der Waals surface area contributed by atoms with E-state index in [-0.39, 0.29) is 11.6 Å². The smallest absolute Gasteiger partial charge is 0.315 e. The zero-order valence-electron chi connectivity index (χ0n) is 12.2. The molecule has 0 aromatic heterocycles. The van der Waals surface area contributed by atoms with Gasteiger partial charge in [-0.25, -0.2) is 4.79 Å². The molecule has 2 N–H and O–H groups in total. The van der Waals surface area contributed by atoms with E-state index in [1.165, 1.54) is 30.4 Å². The summed E-state index contributed by atoms with van der Waals surface area (Å²) >= 11 is 0. The van der Waals surface area contributed by atoms with Gasteiger partial charge in [-0.3, -0.25) is 0 Å². The van der Waals surface area contributed by atoms with Crippen LogP contribution in [0.25, 0.3) is 0 Å². The summed E-state index contributed by atoms with van der Waals surface area (Å²) in [5.74, 6) is 0. The number of nitrogens with one attached hydrogen (secondary N) is 2. The molecule has 0 bridgehead atoms. The molecule has 0 aliphatic heterocycles. The number of carbonyl (C=O) groups is 1. The Labute approximate surface area is 121 Å². The zero-order valence-corrected chi connectivity index (χ0v) is 12.2. The maximum atomic E-state index is 12.2. The van der Waals surface area contributed by atoms with Gasteiger partial charge in [0.2, 0.25) is 0 Å². The molecular weight excluding hydrogens is 248 g/mol. The van der Waals surface area contributed by atoms with Gasteiger partial charge in [0, 0.05) is 6.04 Å². The standard InChI is InChI=1S/C17H24N2O/c1-13-7-9-14(10-8-13)17(11-12-17)19-16(20)18-15-5-3-2-4-6-15/h7-10,15H,2-6,11-12H2,1H3,(H2,18,19,20). The molecule has 1 aromatic carbocycles. The highest BCUT2D eigenvalue weighted by Gasteiger charge is 2.45. The molecule has 3 rings (SSSR count). The van der Waals surface area contributed by atoms with Crippen LogP contribution in [-0.2, 0) is 5.54 Å². The summed E-state index contributed by atoms with van der Waals surface area (Å²) in [7, 11) is 0. The van der Waals surface area contributed by atoms with E-state index in [1.54, 1.807) is 0 Å². The van der Waals surface area contributed by atoms with Crippen LogP contribution in [0.1, 0.15) is 56.1 Å². The molecule has 0 heterocycles. The van der Waals surface area contributed by atoms with Crippen LogP contribution in [0.3, 0.4) is 0 Å². The van der Waals surface area contributed by atoms with Crippen LogP contribution >= 0.6 is 0 Å². The molecule has 0 saturated heterocycles. The molecular formula is C17H24N2O. The largest absolute Gasteiger partial charge is 0.335 e. The van der Waals surface area contributed by atoms with Crippen LogP contribution in [-0.4, -0.2) is 12.1 Å². The van der Waals surface area contributed by atoms with Crippen molar-refractivity contribution in [3.05, 3.63) is 35.4 Å². The number of urea groups is 1. The highest BCUT2D eigenvalue weighted by Crippen LogP contribution is 2.45. The normalized spacial score (nSPS) is 21.2. The molecule has 3 heteroatoms. The lowest BCUT2D eigenvalue weighted by Gasteiger charge is -2.25. The summed E-state index contributed by atoms with van der Waals surface area (Å²) in [6.07, 6.45) is 8.16. The van der Waals surface area contributed by atoms with Crippen molar-refractivity contribution in [2.45, 2.75) is 63.5 Å². The fourth-order valence-electron chi connectivity index (χ4n) is 3.17. The number of rotatable bonds is 3. The average Bonchev–Trinajstić information content (AvgIpc) is 3.21. The van der Waals surface area contributed by atoms with E-state index in [0.717, 1.165) is 25.7 Å². The topological polar surface area (TPSA) is 41.1 Å². The molecule has 2 saturated carbocycles. The molecule has 0 atom stereocenters. The van der Waals surface area contributed by atoms with Gasteiger partial charge in [-0.1, -0.05) is 49.1 Å². The van der Waals surface area contributed by atoms with Crippen molar-refractivity contribution in [1.29, 1.82) is 0 Å². The fraction of sp³-hybridized carbons (Fsp3) is 0.588. The van der Waals surface area contributed by atoms with E-state index in [9.17, 15) is 4.79 Å². The maximum absolute atomic E-state index is 12.2. The van der Waals surface area contributed by atoms with E-state index >= 15 is 0 Å². The van der Waals surface area contributed by atoms with Crippen LogP contribution in [0.5, 0.6) is 0 Å². The Morgan fingerprint density at radius 1 is 1.10 bits per heavy atom. The Balaban J connectivity index is 1.59. The first-order chi connectivity index (χ1) is 9.68. The van der Waals surface area contributed by atoms with E-state index in [2.05, 4.69) is 41.8 Å².